The molecule has 1 aliphatic heterocycles. The first-order chi connectivity index (χ1) is 14.2. The quantitative estimate of drug-likeness (QED) is 0.638. The number of anilines is 1. The monoisotopic (exact) mass is 413 g/mol. The Hall–Kier alpha value is -2.94. The van der Waals surface area contributed by atoms with Gasteiger partial charge in [-0.2, -0.15) is 4.52 Å². The Morgan fingerprint density at radius 2 is 2.00 bits per heavy atom. The van der Waals surface area contributed by atoms with Gasteiger partial charge in [-0.05, 0) is 43.9 Å². The number of nitrogens with zero attached hydrogens (tertiary/aromatic N) is 4. The fourth-order valence-corrected chi connectivity index (χ4v) is 4.22. The molecule has 0 unspecified atom stereocenters. The molecular formula is C20H23N5O3S. The van der Waals surface area contributed by atoms with Crippen molar-refractivity contribution in [1.82, 2.24) is 19.9 Å². The van der Waals surface area contributed by atoms with E-state index in [-0.39, 0.29) is 5.56 Å². The van der Waals surface area contributed by atoms with Crippen LogP contribution in [0.1, 0.15) is 35.7 Å². The molecule has 1 aliphatic rings. The normalized spacial score (nSPS) is 13.8. The molecule has 0 saturated carbocycles. The van der Waals surface area contributed by atoms with Crippen LogP contribution in [0.15, 0.2) is 35.3 Å². The lowest BCUT2D eigenvalue weighted by Crippen LogP contribution is -2.33. The number of carbonyl (C=O) groups is 1. The lowest BCUT2D eigenvalue weighted by Gasteiger charge is -2.10. The third kappa shape index (κ3) is 4.24. The van der Waals surface area contributed by atoms with Crippen LogP contribution in [0.2, 0.25) is 0 Å². The molecular weight excluding hydrogens is 390 g/mol. The molecule has 1 amide bonds. The van der Waals surface area contributed by atoms with E-state index >= 15 is 0 Å². The second-order valence-electron chi connectivity index (χ2n) is 6.83. The van der Waals surface area contributed by atoms with Gasteiger partial charge in [0, 0.05) is 25.8 Å². The topological polar surface area (TPSA) is 88.8 Å². The molecule has 29 heavy (non-hydrogen) atoms. The Morgan fingerprint density at radius 1 is 1.24 bits per heavy atom. The van der Waals surface area contributed by atoms with Crippen LogP contribution in [0.4, 0.5) is 5.13 Å². The number of hydrogen-bond donors (Lipinski definition) is 1. The van der Waals surface area contributed by atoms with Gasteiger partial charge in [-0.15, -0.1) is 5.10 Å². The van der Waals surface area contributed by atoms with Gasteiger partial charge in [-0.25, -0.2) is 4.98 Å². The molecule has 152 valence electrons. The Balaban J connectivity index is 1.41. The number of benzene rings is 1. The molecule has 1 N–H and O–H groups in total. The summed E-state index contributed by atoms with van der Waals surface area (Å²) in [6.45, 7) is 4.87. The number of carbonyl (C=O) groups excluding carboxylic acids is 1. The van der Waals surface area contributed by atoms with Gasteiger partial charge < -0.3 is 15.0 Å². The van der Waals surface area contributed by atoms with Gasteiger partial charge in [0.15, 0.2) is 0 Å². The van der Waals surface area contributed by atoms with Crippen molar-refractivity contribution in [2.24, 2.45) is 0 Å². The third-order valence-electron chi connectivity index (χ3n) is 4.83. The Morgan fingerprint density at radius 3 is 2.72 bits per heavy atom. The highest BCUT2D eigenvalue weighted by Crippen LogP contribution is 2.24. The lowest BCUT2D eigenvalue weighted by molar-refractivity contribution is 0.0952. The van der Waals surface area contributed by atoms with Crippen molar-refractivity contribution in [3.63, 3.8) is 0 Å². The summed E-state index contributed by atoms with van der Waals surface area (Å²) in [4.78, 5) is 32.1. The van der Waals surface area contributed by atoms with E-state index in [9.17, 15) is 9.59 Å². The van der Waals surface area contributed by atoms with Gasteiger partial charge in [0.1, 0.15) is 11.3 Å². The summed E-state index contributed by atoms with van der Waals surface area (Å²) < 4.78 is 6.66. The van der Waals surface area contributed by atoms with E-state index in [2.05, 4.69) is 20.3 Å². The highest BCUT2D eigenvalue weighted by atomic mass is 32.1. The van der Waals surface area contributed by atoms with Gasteiger partial charge in [-0.1, -0.05) is 23.5 Å². The summed E-state index contributed by atoms with van der Waals surface area (Å²) in [5, 5.41) is 7.96. The molecule has 1 saturated heterocycles. The number of aromatic nitrogens is 3. The molecule has 1 aromatic carbocycles. The van der Waals surface area contributed by atoms with E-state index in [1.54, 1.807) is 0 Å². The zero-order valence-electron chi connectivity index (χ0n) is 16.3. The summed E-state index contributed by atoms with van der Waals surface area (Å²) in [6, 6.07) is 7.75. The molecule has 1 fully saturated rings. The fourth-order valence-electron chi connectivity index (χ4n) is 3.30. The van der Waals surface area contributed by atoms with Gasteiger partial charge in [0.05, 0.1) is 6.61 Å². The van der Waals surface area contributed by atoms with E-state index in [1.165, 1.54) is 22.0 Å². The first-order valence-corrected chi connectivity index (χ1v) is 10.6. The molecule has 9 heteroatoms. The van der Waals surface area contributed by atoms with Crippen molar-refractivity contribution in [3.8, 4) is 5.75 Å². The third-order valence-corrected chi connectivity index (χ3v) is 5.81. The van der Waals surface area contributed by atoms with Crippen LogP contribution in [0.5, 0.6) is 5.75 Å². The summed E-state index contributed by atoms with van der Waals surface area (Å²) in [6.07, 6.45) is 4.25. The van der Waals surface area contributed by atoms with Crippen molar-refractivity contribution in [2.45, 2.75) is 26.2 Å². The van der Waals surface area contributed by atoms with Crippen LogP contribution < -0.4 is 20.5 Å². The number of hydrogen-bond acceptors (Lipinski definition) is 7. The SMILES string of the molecule is CCOc1ccc(CCNC(=O)c2cnc3sc(N4CCCC4)nn3c2=O)cc1. The Bertz CT molecular complexity index is 1050. The molecule has 3 aromatic rings. The number of rotatable bonds is 7. The molecule has 0 aliphatic carbocycles. The maximum atomic E-state index is 12.7. The number of fused-ring (bicyclic) bond motifs is 1. The van der Waals surface area contributed by atoms with E-state index in [0.717, 1.165) is 42.4 Å². The van der Waals surface area contributed by atoms with Gasteiger partial charge in [-0.3, -0.25) is 9.59 Å². The van der Waals surface area contributed by atoms with Crippen molar-refractivity contribution < 1.29 is 9.53 Å². The predicted octanol–water partition coefficient (Wildman–Crippen LogP) is 2.12. The van der Waals surface area contributed by atoms with Crippen LogP contribution >= 0.6 is 11.3 Å². The first kappa shape index (κ1) is 19.4. The highest BCUT2D eigenvalue weighted by molar-refractivity contribution is 7.20. The lowest BCUT2D eigenvalue weighted by atomic mass is 10.1. The standard InChI is InChI=1S/C20H23N5O3S/c1-2-28-15-7-5-14(6-8-15)9-10-21-17(26)16-13-22-19-25(18(16)27)23-20(29-19)24-11-3-4-12-24/h5-8,13H,2-4,9-12H2,1H3,(H,21,26). The van der Waals surface area contributed by atoms with Crippen molar-refractivity contribution in [2.75, 3.05) is 31.1 Å². The molecule has 4 rings (SSSR count). The highest BCUT2D eigenvalue weighted by Gasteiger charge is 2.20. The summed E-state index contributed by atoms with van der Waals surface area (Å²) >= 11 is 1.37. The second kappa shape index (κ2) is 8.60. The number of ether oxygens (including phenoxy) is 1. The summed E-state index contributed by atoms with van der Waals surface area (Å²) in [5.74, 6) is 0.391. The summed E-state index contributed by atoms with van der Waals surface area (Å²) in [5.41, 5.74) is 0.650. The van der Waals surface area contributed by atoms with Crippen molar-refractivity contribution in [1.29, 1.82) is 0 Å². The molecule has 0 atom stereocenters. The fraction of sp³-hybridized carbons (Fsp3) is 0.400. The van der Waals surface area contributed by atoms with Crippen LogP contribution in [-0.2, 0) is 6.42 Å². The Labute approximate surface area is 172 Å². The van der Waals surface area contributed by atoms with Gasteiger partial charge >= 0.3 is 0 Å². The average molecular weight is 414 g/mol. The van der Waals surface area contributed by atoms with E-state index in [0.29, 0.717) is 24.5 Å². The molecule has 2 aromatic heterocycles. The molecule has 0 bridgehead atoms. The van der Waals surface area contributed by atoms with Gasteiger partial charge in [0.25, 0.3) is 11.5 Å². The largest absolute Gasteiger partial charge is 0.494 e. The van der Waals surface area contributed by atoms with E-state index in [4.69, 9.17) is 4.74 Å². The Kier molecular flexibility index (Phi) is 5.75. The maximum absolute atomic E-state index is 12.7. The molecule has 0 spiro atoms. The van der Waals surface area contributed by atoms with Crippen LogP contribution in [0.3, 0.4) is 0 Å². The first-order valence-electron chi connectivity index (χ1n) is 9.79. The van der Waals surface area contributed by atoms with Crippen LogP contribution in [0.25, 0.3) is 4.96 Å². The van der Waals surface area contributed by atoms with Gasteiger partial charge in [0.2, 0.25) is 10.1 Å². The van der Waals surface area contributed by atoms with E-state index < -0.39 is 11.5 Å². The van der Waals surface area contributed by atoms with Crippen LogP contribution in [0, 0.1) is 0 Å². The second-order valence-corrected chi connectivity index (χ2v) is 7.77. The summed E-state index contributed by atoms with van der Waals surface area (Å²) in [7, 11) is 0. The molecule has 8 nitrogen and oxygen atoms in total. The minimum Gasteiger partial charge on any atom is -0.494 e. The average Bonchev–Trinajstić information content (AvgIpc) is 3.39. The predicted molar refractivity (Wildman–Crippen MR) is 112 cm³/mol. The van der Waals surface area contributed by atoms with Crippen molar-refractivity contribution >= 4 is 27.3 Å². The zero-order chi connectivity index (χ0) is 20.2. The number of nitrogens with one attached hydrogen (secondary N) is 1. The number of amides is 1. The smallest absolute Gasteiger partial charge is 0.288 e. The van der Waals surface area contributed by atoms with E-state index in [1.807, 2.05) is 31.2 Å². The molecule has 3 heterocycles. The van der Waals surface area contributed by atoms with Crippen LogP contribution in [-0.4, -0.2) is 46.7 Å². The van der Waals surface area contributed by atoms with Crippen molar-refractivity contribution in [3.05, 3.63) is 51.9 Å². The minimum absolute atomic E-state index is 0.00691. The minimum atomic E-state index is -0.435. The zero-order valence-corrected chi connectivity index (χ0v) is 17.1. The molecule has 0 radical (unpaired) electrons. The maximum Gasteiger partial charge on any atom is 0.288 e.